The molecule has 0 radical (unpaired) electrons. The normalized spacial score (nSPS) is 10.3. The second-order valence-corrected chi connectivity index (χ2v) is 4.15. The van der Waals surface area contributed by atoms with Gasteiger partial charge in [0.1, 0.15) is 0 Å². The lowest BCUT2D eigenvalue weighted by molar-refractivity contribution is -0.385. The van der Waals surface area contributed by atoms with Gasteiger partial charge in [0.05, 0.1) is 16.7 Å². The van der Waals surface area contributed by atoms with Crippen molar-refractivity contribution in [3.63, 3.8) is 0 Å². The predicted octanol–water partition coefficient (Wildman–Crippen LogP) is 1.64. The third-order valence-electron chi connectivity index (χ3n) is 2.06. The topological polar surface area (TPSA) is 111 Å². The Morgan fingerprint density at radius 3 is 2.78 bits per heavy atom. The van der Waals surface area contributed by atoms with Crippen molar-refractivity contribution in [2.45, 2.75) is 0 Å². The van der Waals surface area contributed by atoms with Gasteiger partial charge < -0.3 is 5.11 Å². The molecule has 18 heavy (non-hydrogen) atoms. The molecule has 0 amide bonds. The van der Waals surface area contributed by atoms with Crippen molar-refractivity contribution in [2.24, 2.45) is 0 Å². The highest BCUT2D eigenvalue weighted by atomic mass is 79.9. The molecule has 0 aliphatic carbocycles. The van der Waals surface area contributed by atoms with Crippen LogP contribution in [0.5, 0.6) is 0 Å². The molecule has 0 aliphatic heterocycles. The number of nitro groups is 1. The standard InChI is InChI=1S/C9H5BrN4O4/c10-6-1-7(14(17)18)8(11-3-6)13-4-5(2-12-13)9(15)16/h1-4H,(H,15,16). The van der Waals surface area contributed by atoms with Crippen LogP contribution in [-0.4, -0.2) is 30.8 Å². The maximum absolute atomic E-state index is 10.9. The molecule has 2 aromatic heterocycles. The molecule has 92 valence electrons. The zero-order chi connectivity index (χ0) is 13.3. The first kappa shape index (κ1) is 12.2. The zero-order valence-corrected chi connectivity index (χ0v) is 10.2. The van der Waals surface area contributed by atoms with E-state index in [1.165, 1.54) is 12.3 Å². The molecular weight excluding hydrogens is 308 g/mol. The van der Waals surface area contributed by atoms with Gasteiger partial charge >= 0.3 is 11.7 Å². The van der Waals surface area contributed by atoms with Crippen molar-refractivity contribution in [2.75, 3.05) is 0 Å². The molecule has 0 saturated carbocycles. The number of pyridine rings is 1. The van der Waals surface area contributed by atoms with E-state index in [4.69, 9.17) is 5.11 Å². The Balaban J connectivity index is 2.55. The number of nitrogens with zero attached hydrogens (tertiary/aromatic N) is 4. The molecule has 0 unspecified atom stereocenters. The summed E-state index contributed by atoms with van der Waals surface area (Å²) in [5.74, 6) is -1.21. The molecule has 9 heteroatoms. The minimum Gasteiger partial charge on any atom is -0.478 e. The van der Waals surface area contributed by atoms with Gasteiger partial charge in [-0.05, 0) is 15.9 Å². The van der Waals surface area contributed by atoms with E-state index in [0.29, 0.717) is 4.47 Å². The van der Waals surface area contributed by atoms with Crippen LogP contribution < -0.4 is 0 Å². The molecular formula is C9H5BrN4O4. The Labute approximate surface area is 108 Å². The number of halogens is 1. The second-order valence-electron chi connectivity index (χ2n) is 3.23. The summed E-state index contributed by atoms with van der Waals surface area (Å²) in [6, 6.07) is 1.27. The highest BCUT2D eigenvalue weighted by Crippen LogP contribution is 2.23. The highest BCUT2D eigenvalue weighted by Gasteiger charge is 2.19. The summed E-state index contributed by atoms with van der Waals surface area (Å²) in [6.07, 6.45) is 3.62. The predicted molar refractivity (Wildman–Crippen MR) is 62.7 cm³/mol. The molecule has 0 aromatic carbocycles. The molecule has 2 rings (SSSR count). The summed E-state index contributed by atoms with van der Waals surface area (Å²) < 4.78 is 1.50. The number of carboxylic acid groups (broad SMARTS) is 1. The fourth-order valence-corrected chi connectivity index (χ4v) is 1.60. The molecule has 2 heterocycles. The molecule has 2 aromatic rings. The number of hydrogen-bond donors (Lipinski definition) is 1. The molecule has 0 aliphatic rings. The van der Waals surface area contributed by atoms with Crippen LogP contribution in [0.3, 0.4) is 0 Å². The van der Waals surface area contributed by atoms with E-state index in [1.54, 1.807) is 0 Å². The molecule has 0 bridgehead atoms. The first-order valence-electron chi connectivity index (χ1n) is 4.57. The molecule has 0 spiro atoms. The maximum atomic E-state index is 10.9. The van der Waals surface area contributed by atoms with Crippen molar-refractivity contribution < 1.29 is 14.8 Å². The summed E-state index contributed by atoms with van der Waals surface area (Å²) in [7, 11) is 0. The van der Waals surface area contributed by atoms with Gasteiger partial charge in [-0.15, -0.1) is 0 Å². The quantitative estimate of drug-likeness (QED) is 0.681. The highest BCUT2D eigenvalue weighted by molar-refractivity contribution is 9.10. The Hall–Kier alpha value is -2.29. The van der Waals surface area contributed by atoms with Crippen LogP contribution in [0.25, 0.3) is 5.82 Å². The monoisotopic (exact) mass is 312 g/mol. The first-order chi connectivity index (χ1) is 8.49. The Kier molecular flexibility index (Phi) is 3.06. The fraction of sp³-hybridized carbons (Fsp3) is 0. The van der Waals surface area contributed by atoms with Gasteiger partial charge in [0.2, 0.25) is 5.82 Å². The van der Waals surface area contributed by atoms with E-state index < -0.39 is 10.9 Å². The van der Waals surface area contributed by atoms with Crippen LogP contribution in [0, 0.1) is 10.1 Å². The lowest BCUT2D eigenvalue weighted by Crippen LogP contribution is -2.03. The number of carboxylic acids is 1. The largest absolute Gasteiger partial charge is 0.478 e. The van der Waals surface area contributed by atoms with Gasteiger partial charge in [0, 0.05) is 22.9 Å². The van der Waals surface area contributed by atoms with Gasteiger partial charge in [-0.3, -0.25) is 10.1 Å². The molecule has 0 atom stereocenters. The van der Waals surface area contributed by atoms with Crippen molar-refractivity contribution in [1.29, 1.82) is 0 Å². The Morgan fingerprint density at radius 1 is 1.50 bits per heavy atom. The number of aromatic carboxylic acids is 1. The lowest BCUT2D eigenvalue weighted by Gasteiger charge is -2.01. The summed E-state index contributed by atoms with van der Waals surface area (Å²) in [6.45, 7) is 0. The van der Waals surface area contributed by atoms with E-state index in [1.807, 2.05) is 0 Å². The van der Waals surface area contributed by atoms with Crippen molar-refractivity contribution in [3.8, 4) is 5.82 Å². The van der Waals surface area contributed by atoms with Gasteiger partial charge in [-0.1, -0.05) is 0 Å². The summed E-state index contributed by atoms with van der Waals surface area (Å²) in [4.78, 5) is 24.8. The number of aromatic nitrogens is 3. The van der Waals surface area contributed by atoms with Crippen LogP contribution in [0.4, 0.5) is 5.69 Å². The van der Waals surface area contributed by atoms with Gasteiger partial charge in [-0.25, -0.2) is 14.5 Å². The second kappa shape index (κ2) is 4.53. The minimum atomic E-state index is -1.17. The molecule has 1 N–H and O–H groups in total. The number of carbonyl (C=O) groups is 1. The Bertz CT molecular complexity index is 639. The molecule has 8 nitrogen and oxygen atoms in total. The lowest BCUT2D eigenvalue weighted by atomic mass is 10.3. The van der Waals surface area contributed by atoms with Crippen LogP contribution >= 0.6 is 15.9 Å². The van der Waals surface area contributed by atoms with E-state index in [2.05, 4.69) is 26.0 Å². The van der Waals surface area contributed by atoms with E-state index >= 15 is 0 Å². The minimum absolute atomic E-state index is 0.0456. The number of hydrogen-bond acceptors (Lipinski definition) is 5. The van der Waals surface area contributed by atoms with Crippen LogP contribution in [0.2, 0.25) is 0 Å². The van der Waals surface area contributed by atoms with Crippen LogP contribution in [-0.2, 0) is 0 Å². The molecule has 0 saturated heterocycles. The zero-order valence-electron chi connectivity index (χ0n) is 8.65. The fourth-order valence-electron chi connectivity index (χ4n) is 1.28. The summed E-state index contributed by atoms with van der Waals surface area (Å²) >= 11 is 3.07. The van der Waals surface area contributed by atoms with Gasteiger partial charge in [0.15, 0.2) is 0 Å². The SMILES string of the molecule is O=C(O)c1cnn(-c2ncc(Br)cc2[N+](=O)[O-])c1. The van der Waals surface area contributed by atoms with Crippen LogP contribution in [0.1, 0.15) is 10.4 Å². The number of rotatable bonds is 3. The third kappa shape index (κ3) is 2.20. The van der Waals surface area contributed by atoms with Crippen molar-refractivity contribution in [3.05, 3.63) is 44.8 Å². The summed E-state index contributed by atoms with van der Waals surface area (Å²) in [5, 5.41) is 23.4. The smallest absolute Gasteiger partial charge is 0.338 e. The maximum Gasteiger partial charge on any atom is 0.338 e. The van der Waals surface area contributed by atoms with Crippen molar-refractivity contribution in [1.82, 2.24) is 14.8 Å². The van der Waals surface area contributed by atoms with E-state index in [-0.39, 0.29) is 17.1 Å². The summed E-state index contributed by atoms with van der Waals surface area (Å²) in [5.41, 5.74) is -0.349. The first-order valence-corrected chi connectivity index (χ1v) is 5.36. The van der Waals surface area contributed by atoms with Crippen molar-refractivity contribution >= 4 is 27.6 Å². The average Bonchev–Trinajstić information content (AvgIpc) is 2.78. The average molecular weight is 313 g/mol. The Morgan fingerprint density at radius 2 is 2.22 bits per heavy atom. The van der Waals surface area contributed by atoms with Gasteiger partial charge in [0.25, 0.3) is 0 Å². The van der Waals surface area contributed by atoms with E-state index in [9.17, 15) is 14.9 Å². The third-order valence-corrected chi connectivity index (χ3v) is 2.49. The van der Waals surface area contributed by atoms with Crippen LogP contribution in [0.15, 0.2) is 29.1 Å². The van der Waals surface area contributed by atoms with E-state index in [0.717, 1.165) is 17.1 Å². The molecule has 0 fully saturated rings. The van der Waals surface area contributed by atoms with Gasteiger partial charge in [-0.2, -0.15) is 5.10 Å².